The number of likely N-dealkylation sites (tertiary alicyclic amines) is 1. The monoisotopic (exact) mass is 298 g/mol. The first-order chi connectivity index (χ1) is 10.7. The van der Waals surface area contributed by atoms with E-state index < -0.39 is 0 Å². The highest BCUT2D eigenvalue weighted by atomic mass is 16.5. The van der Waals surface area contributed by atoms with Crippen LogP contribution in [0.5, 0.6) is 5.88 Å². The lowest BCUT2D eigenvalue weighted by molar-refractivity contribution is 0.0732. The van der Waals surface area contributed by atoms with Crippen LogP contribution in [0.3, 0.4) is 0 Å². The first-order valence-corrected chi connectivity index (χ1v) is 7.29. The minimum absolute atomic E-state index is 0.0105. The summed E-state index contributed by atoms with van der Waals surface area (Å²) in [7, 11) is 1.55. The Morgan fingerprint density at radius 3 is 2.86 bits per heavy atom. The van der Waals surface area contributed by atoms with Gasteiger partial charge < -0.3 is 9.64 Å². The molecule has 0 aromatic carbocycles. The number of hydrogen-bond donors (Lipinski definition) is 0. The van der Waals surface area contributed by atoms with Crippen LogP contribution in [0.2, 0.25) is 0 Å². The molecule has 22 heavy (non-hydrogen) atoms. The van der Waals surface area contributed by atoms with E-state index in [1.165, 1.54) is 0 Å². The van der Waals surface area contributed by atoms with Crippen LogP contribution in [-0.2, 0) is 0 Å². The highest BCUT2D eigenvalue weighted by Gasteiger charge is 2.31. The van der Waals surface area contributed by atoms with Gasteiger partial charge in [0.25, 0.3) is 5.91 Å². The summed E-state index contributed by atoms with van der Waals surface area (Å²) in [4.78, 5) is 27.3. The summed E-state index contributed by atoms with van der Waals surface area (Å²) in [5, 5.41) is 0. The summed E-state index contributed by atoms with van der Waals surface area (Å²) in [6.45, 7) is 2.59. The van der Waals surface area contributed by atoms with Crippen LogP contribution >= 0.6 is 0 Å². The molecule has 2 aromatic heterocycles. The zero-order valence-corrected chi connectivity index (χ0v) is 12.7. The fourth-order valence-electron chi connectivity index (χ4n) is 2.77. The summed E-state index contributed by atoms with van der Waals surface area (Å²) in [5.41, 5.74) is 1.47. The molecule has 0 N–H and O–H groups in total. The summed E-state index contributed by atoms with van der Waals surface area (Å²) >= 11 is 0. The molecule has 0 radical (unpaired) electrons. The Morgan fingerprint density at radius 1 is 1.32 bits per heavy atom. The van der Waals surface area contributed by atoms with Gasteiger partial charge in [-0.15, -0.1) is 0 Å². The number of hydrogen-bond acceptors (Lipinski definition) is 5. The number of methoxy groups -OCH3 is 1. The maximum absolute atomic E-state index is 12.7. The van der Waals surface area contributed by atoms with E-state index in [0.717, 1.165) is 30.9 Å². The number of aromatic nitrogens is 3. The van der Waals surface area contributed by atoms with Gasteiger partial charge in [-0.3, -0.25) is 4.79 Å². The predicted molar refractivity (Wildman–Crippen MR) is 80.6 cm³/mol. The Morgan fingerprint density at radius 2 is 2.18 bits per heavy atom. The van der Waals surface area contributed by atoms with E-state index in [-0.39, 0.29) is 11.9 Å². The Labute approximate surface area is 129 Å². The minimum Gasteiger partial charge on any atom is -0.481 e. The fourth-order valence-corrected chi connectivity index (χ4v) is 2.77. The van der Waals surface area contributed by atoms with Crippen molar-refractivity contribution in [2.45, 2.75) is 25.8 Å². The second kappa shape index (κ2) is 6.09. The largest absolute Gasteiger partial charge is 0.481 e. The molecule has 1 aliphatic rings. The van der Waals surface area contributed by atoms with Crippen LogP contribution in [-0.4, -0.2) is 39.4 Å². The van der Waals surface area contributed by atoms with Gasteiger partial charge in [0, 0.05) is 25.0 Å². The van der Waals surface area contributed by atoms with E-state index in [9.17, 15) is 4.79 Å². The standard InChI is InChI=1S/C16H18N4O2/c1-11-17-8-7-13(19-11)14-4-3-9-20(14)16(21)12-5-6-15(22-2)18-10-12/h5-8,10,14H,3-4,9H2,1-2H3/t14-/m0/s1. The summed E-state index contributed by atoms with van der Waals surface area (Å²) < 4.78 is 5.03. The third kappa shape index (κ3) is 2.77. The quantitative estimate of drug-likeness (QED) is 0.868. The number of rotatable bonds is 3. The van der Waals surface area contributed by atoms with Crippen LogP contribution in [0.25, 0.3) is 0 Å². The van der Waals surface area contributed by atoms with E-state index in [1.807, 2.05) is 17.9 Å². The van der Waals surface area contributed by atoms with Crippen LogP contribution < -0.4 is 4.74 Å². The SMILES string of the molecule is COc1ccc(C(=O)N2CCC[C@H]2c2ccnc(C)n2)cn1. The molecule has 114 valence electrons. The van der Waals surface area contributed by atoms with E-state index >= 15 is 0 Å². The van der Waals surface area contributed by atoms with Gasteiger partial charge in [-0.05, 0) is 31.9 Å². The van der Waals surface area contributed by atoms with Crippen molar-refractivity contribution in [3.63, 3.8) is 0 Å². The zero-order chi connectivity index (χ0) is 15.5. The summed E-state index contributed by atoms with van der Waals surface area (Å²) in [6, 6.07) is 5.34. The molecule has 0 saturated carbocycles. The Balaban J connectivity index is 1.84. The summed E-state index contributed by atoms with van der Waals surface area (Å²) in [5.74, 6) is 1.21. The van der Waals surface area contributed by atoms with E-state index in [1.54, 1.807) is 31.6 Å². The third-order valence-corrected chi connectivity index (χ3v) is 3.85. The fraction of sp³-hybridized carbons (Fsp3) is 0.375. The van der Waals surface area contributed by atoms with Crippen molar-refractivity contribution in [2.75, 3.05) is 13.7 Å². The number of carbonyl (C=O) groups excluding carboxylic acids is 1. The van der Waals surface area contributed by atoms with Crippen molar-refractivity contribution >= 4 is 5.91 Å². The topological polar surface area (TPSA) is 68.2 Å². The molecule has 0 unspecified atom stereocenters. The lowest BCUT2D eigenvalue weighted by Crippen LogP contribution is -2.31. The number of ether oxygens (including phenoxy) is 1. The Kier molecular flexibility index (Phi) is 4.00. The molecule has 3 rings (SSSR count). The van der Waals surface area contributed by atoms with E-state index in [4.69, 9.17) is 4.74 Å². The maximum Gasteiger partial charge on any atom is 0.255 e. The molecule has 1 fully saturated rings. The molecule has 1 saturated heterocycles. The first-order valence-electron chi connectivity index (χ1n) is 7.29. The van der Waals surface area contributed by atoms with Crippen molar-refractivity contribution in [1.82, 2.24) is 19.9 Å². The zero-order valence-electron chi connectivity index (χ0n) is 12.7. The first kappa shape index (κ1) is 14.4. The molecule has 1 amide bonds. The minimum atomic E-state index is -0.0195. The average molecular weight is 298 g/mol. The molecule has 6 nitrogen and oxygen atoms in total. The van der Waals surface area contributed by atoms with E-state index in [0.29, 0.717) is 11.4 Å². The number of pyridine rings is 1. The predicted octanol–water partition coefficient (Wildman–Crippen LogP) is 2.17. The van der Waals surface area contributed by atoms with Gasteiger partial charge in [-0.2, -0.15) is 0 Å². The molecule has 1 aliphatic heterocycles. The van der Waals surface area contributed by atoms with Crippen LogP contribution in [0.15, 0.2) is 30.6 Å². The van der Waals surface area contributed by atoms with Gasteiger partial charge in [0.1, 0.15) is 5.82 Å². The molecule has 0 bridgehead atoms. The summed E-state index contributed by atoms with van der Waals surface area (Å²) in [6.07, 6.45) is 5.20. The highest BCUT2D eigenvalue weighted by molar-refractivity contribution is 5.94. The van der Waals surface area contributed by atoms with Crippen LogP contribution in [0, 0.1) is 6.92 Å². The Hall–Kier alpha value is -2.50. The molecular formula is C16H18N4O2. The average Bonchev–Trinajstić information content (AvgIpc) is 3.04. The number of amides is 1. The van der Waals surface area contributed by atoms with Crippen molar-refractivity contribution in [2.24, 2.45) is 0 Å². The molecular weight excluding hydrogens is 280 g/mol. The third-order valence-electron chi connectivity index (χ3n) is 3.85. The number of aryl methyl sites for hydroxylation is 1. The second-order valence-corrected chi connectivity index (χ2v) is 5.27. The number of carbonyl (C=O) groups is 1. The van der Waals surface area contributed by atoms with Gasteiger partial charge in [0.15, 0.2) is 0 Å². The van der Waals surface area contributed by atoms with Gasteiger partial charge in [0.05, 0.1) is 24.4 Å². The molecule has 3 heterocycles. The molecule has 0 aliphatic carbocycles. The van der Waals surface area contributed by atoms with Crippen LogP contribution in [0.1, 0.15) is 40.8 Å². The van der Waals surface area contributed by atoms with Crippen LogP contribution in [0.4, 0.5) is 0 Å². The maximum atomic E-state index is 12.7. The van der Waals surface area contributed by atoms with Gasteiger partial charge >= 0.3 is 0 Å². The van der Waals surface area contributed by atoms with Crippen molar-refractivity contribution in [3.05, 3.63) is 47.7 Å². The van der Waals surface area contributed by atoms with E-state index in [2.05, 4.69) is 15.0 Å². The smallest absolute Gasteiger partial charge is 0.255 e. The van der Waals surface area contributed by atoms with Crippen molar-refractivity contribution < 1.29 is 9.53 Å². The lowest BCUT2D eigenvalue weighted by Gasteiger charge is -2.24. The van der Waals surface area contributed by atoms with Gasteiger partial charge in [-0.25, -0.2) is 15.0 Å². The van der Waals surface area contributed by atoms with Gasteiger partial charge in [0.2, 0.25) is 5.88 Å². The molecule has 0 spiro atoms. The van der Waals surface area contributed by atoms with Crippen molar-refractivity contribution in [1.29, 1.82) is 0 Å². The normalized spacial score (nSPS) is 17.5. The van der Waals surface area contributed by atoms with Crippen molar-refractivity contribution in [3.8, 4) is 5.88 Å². The lowest BCUT2D eigenvalue weighted by atomic mass is 10.1. The molecule has 6 heteroatoms. The Bertz CT molecular complexity index is 672. The molecule has 1 atom stereocenters. The second-order valence-electron chi connectivity index (χ2n) is 5.27. The number of nitrogens with zero attached hydrogens (tertiary/aromatic N) is 4. The van der Waals surface area contributed by atoms with Gasteiger partial charge in [-0.1, -0.05) is 0 Å². The molecule has 2 aromatic rings. The highest BCUT2D eigenvalue weighted by Crippen LogP contribution is 2.32.